The van der Waals surface area contributed by atoms with Gasteiger partial charge in [-0.15, -0.1) is 0 Å². The summed E-state index contributed by atoms with van der Waals surface area (Å²) in [6.07, 6.45) is 1.99. The summed E-state index contributed by atoms with van der Waals surface area (Å²) in [4.78, 5) is 19.6. The first-order valence-corrected chi connectivity index (χ1v) is 9.20. The number of piperidine rings is 1. The number of carbonyl (C=O) groups is 1. The highest BCUT2D eigenvalue weighted by Gasteiger charge is 2.41. The number of pyridine rings is 1. The van der Waals surface area contributed by atoms with Crippen molar-refractivity contribution >= 4 is 5.91 Å². The van der Waals surface area contributed by atoms with E-state index in [1.165, 1.54) is 0 Å². The Bertz CT molecular complexity index is 581. The van der Waals surface area contributed by atoms with Crippen LogP contribution in [0.15, 0.2) is 18.2 Å². The van der Waals surface area contributed by atoms with Crippen molar-refractivity contribution in [3.05, 3.63) is 29.6 Å². The Labute approximate surface area is 149 Å². The quantitative estimate of drug-likeness (QED) is 0.788. The van der Waals surface area contributed by atoms with Crippen LogP contribution < -0.4 is 5.32 Å². The van der Waals surface area contributed by atoms with E-state index < -0.39 is 0 Å². The molecule has 0 aliphatic carbocycles. The Morgan fingerprint density at radius 1 is 1.44 bits per heavy atom. The molecule has 1 aromatic heterocycles. The molecule has 0 unspecified atom stereocenters. The fourth-order valence-electron chi connectivity index (χ4n) is 3.98. The molecule has 0 spiro atoms. The Kier molecular flexibility index (Phi) is 6.39. The average molecular weight is 347 g/mol. The van der Waals surface area contributed by atoms with Crippen molar-refractivity contribution in [2.24, 2.45) is 11.8 Å². The zero-order valence-corrected chi connectivity index (χ0v) is 15.2. The number of ether oxygens (including phenoxy) is 2. The maximum Gasteiger partial charge on any atom is 0.223 e. The number of aromatic nitrogens is 1. The number of hydrogen-bond donors (Lipinski definition) is 1. The summed E-state index contributed by atoms with van der Waals surface area (Å²) in [5, 5.41) is 3.01. The minimum Gasteiger partial charge on any atom is -0.383 e. The van der Waals surface area contributed by atoms with Crippen LogP contribution in [0.4, 0.5) is 0 Å². The third-order valence-corrected chi connectivity index (χ3v) is 5.23. The number of hydrogen-bond acceptors (Lipinski definition) is 5. The van der Waals surface area contributed by atoms with Gasteiger partial charge in [0, 0.05) is 57.4 Å². The Morgan fingerprint density at radius 3 is 3.12 bits per heavy atom. The molecule has 1 aromatic rings. The fraction of sp³-hybridized carbons (Fsp3) is 0.684. The summed E-state index contributed by atoms with van der Waals surface area (Å²) >= 11 is 0. The first-order valence-electron chi connectivity index (χ1n) is 9.20. The van der Waals surface area contributed by atoms with Crippen LogP contribution in [-0.4, -0.2) is 61.9 Å². The van der Waals surface area contributed by atoms with Crippen LogP contribution in [0.1, 0.15) is 24.2 Å². The lowest BCUT2D eigenvalue weighted by atomic mass is 9.79. The number of rotatable bonds is 6. The maximum absolute atomic E-state index is 12.6. The summed E-state index contributed by atoms with van der Waals surface area (Å²) in [5.41, 5.74) is 2.14. The normalized spacial score (nSPS) is 26.9. The van der Waals surface area contributed by atoms with E-state index in [9.17, 15) is 4.79 Å². The molecule has 3 rings (SSSR count). The molecule has 0 radical (unpaired) electrons. The van der Waals surface area contributed by atoms with E-state index in [0.29, 0.717) is 19.8 Å². The molecule has 2 aliphatic heterocycles. The standard InChI is InChI=1S/C19H29N3O3/c1-14-4-3-5-15(21-14)12-22-9-6-18-17(13-22)16(7-10-25-18)19(23)20-8-11-24-2/h3-5,16-18H,6-13H2,1-2H3,(H,20,23)/t16-,17-,18-/m1/s1. The molecule has 25 heavy (non-hydrogen) atoms. The molecular formula is C19H29N3O3. The number of carbonyl (C=O) groups excluding carboxylic acids is 1. The summed E-state index contributed by atoms with van der Waals surface area (Å²) in [6.45, 7) is 6.55. The largest absolute Gasteiger partial charge is 0.383 e. The van der Waals surface area contributed by atoms with Crippen molar-refractivity contribution in [2.45, 2.75) is 32.4 Å². The zero-order chi connectivity index (χ0) is 17.6. The van der Waals surface area contributed by atoms with E-state index in [-0.39, 0.29) is 23.8 Å². The minimum absolute atomic E-state index is 0.0314. The molecule has 0 saturated carbocycles. The predicted molar refractivity (Wildman–Crippen MR) is 95.1 cm³/mol. The third-order valence-electron chi connectivity index (χ3n) is 5.23. The Hall–Kier alpha value is -1.50. The van der Waals surface area contributed by atoms with Crippen molar-refractivity contribution in [3.8, 4) is 0 Å². The first-order chi connectivity index (χ1) is 12.2. The zero-order valence-electron chi connectivity index (χ0n) is 15.2. The molecule has 6 nitrogen and oxygen atoms in total. The van der Waals surface area contributed by atoms with Crippen molar-refractivity contribution < 1.29 is 14.3 Å². The highest BCUT2D eigenvalue weighted by atomic mass is 16.5. The summed E-state index contributed by atoms with van der Waals surface area (Å²) in [5.74, 6) is 0.435. The van der Waals surface area contributed by atoms with Crippen LogP contribution in [-0.2, 0) is 20.8 Å². The number of aryl methyl sites for hydroxylation is 1. The molecule has 2 saturated heterocycles. The number of methoxy groups -OCH3 is 1. The minimum atomic E-state index is 0.0314. The Balaban J connectivity index is 1.61. The van der Waals surface area contributed by atoms with Gasteiger partial charge in [-0.05, 0) is 31.9 Å². The van der Waals surface area contributed by atoms with E-state index in [1.807, 2.05) is 13.0 Å². The SMILES string of the molecule is COCCNC(=O)[C@@H]1CCO[C@@H]2CCN(Cc3cccc(C)n3)C[C@@H]21. The van der Waals surface area contributed by atoms with E-state index in [4.69, 9.17) is 9.47 Å². The predicted octanol–water partition coefficient (Wildman–Crippen LogP) is 1.38. The van der Waals surface area contributed by atoms with Gasteiger partial charge in [0.15, 0.2) is 0 Å². The number of nitrogens with one attached hydrogen (secondary N) is 1. The van der Waals surface area contributed by atoms with Gasteiger partial charge in [0.1, 0.15) is 0 Å². The number of fused-ring (bicyclic) bond motifs is 1. The smallest absolute Gasteiger partial charge is 0.223 e. The molecule has 138 valence electrons. The van der Waals surface area contributed by atoms with Gasteiger partial charge >= 0.3 is 0 Å². The third kappa shape index (κ3) is 4.77. The van der Waals surface area contributed by atoms with E-state index in [2.05, 4.69) is 27.3 Å². The van der Waals surface area contributed by atoms with Crippen molar-refractivity contribution in [3.63, 3.8) is 0 Å². The lowest BCUT2D eigenvalue weighted by Gasteiger charge is -2.44. The molecule has 0 aromatic carbocycles. The maximum atomic E-state index is 12.6. The summed E-state index contributed by atoms with van der Waals surface area (Å²) in [6, 6.07) is 6.15. The molecule has 3 atom stereocenters. The van der Waals surface area contributed by atoms with Crippen LogP contribution in [0.25, 0.3) is 0 Å². The second kappa shape index (κ2) is 8.74. The van der Waals surface area contributed by atoms with Gasteiger partial charge in [-0.1, -0.05) is 6.07 Å². The van der Waals surface area contributed by atoms with E-state index in [1.54, 1.807) is 7.11 Å². The van der Waals surface area contributed by atoms with Crippen LogP contribution in [0.3, 0.4) is 0 Å². The van der Waals surface area contributed by atoms with Crippen molar-refractivity contribution in [2.75, 3.05) is 40.0 Å². The molecule has 0 bridgehead atoms. The molecule has 1 amide bonds. The molecule has 1 N–H and O–H groups in total. The molecular weight excluding hydrogens is 318 g/mol. The number of nitrogens with zero attached hydrogens (tertiary/aromatic N) is 2. The van der Waals surface area contributed by atoms with Crippen LogP contribution in [0.2, 0.25) is 0 Å². The highest BCUT2D eigenvalue weighted by Crippen LogP contribution is 2.33. The lowest BCUT2D eigenvalue weighted by Crippen LogP contribution is -2.53. The van der Waals surface area contributed by atoms with Crippen molar-refractivity contribution in [1.29, 1.82) is 0 Å². The molecule has 2 aliphatic rings. The monoisotopic (exact) mass is 347 g/mol. The van der Waals surface area contributed by atoms with Gasteiger partial charge in [0.2, 0.25) is 5.91 Å². The van der Waals surface area contributed by atoms with E-state index in [0.717, 1.165) is 43.9 Å². The molecule has 3 heterocycles. The Morgan fingerprint density at radius 2 is 2.32 bits per heavy atom. The van der Waals surface area contributed by atoms with E-state index >= 15 is 0 Å². The van der Waals surface area contributed by atoms with Gasteiger partial charge in [-0.25, -0.2) is 0 Å². The van der Waals surface area contributed by atoms with Crippen LogP contribution >= 0.6 is 0 Å². The second-order valence-electron chi connectivity index (χ2n) is 7.05. The van der Waals surface area contributed by atoms with Gasteiger partial charge in [-0.2, -0.15) is 0 Å². The van der Waals surface area contributed by atoms with Gasteiger partial charge in [-0.3, -0.25) is 14.7 Å². The van der Waals surface area contributed by atoms with Crippen LogP contribution in [0.5, 0.6) is 0 Å². The summed E-state index contributed by atoms with van der Waals surface area (Å²) < 4.78 is 11.0. The van der Waals surface area contributed by atoms with Crippen LogP contribution in [0, 0.1) is 18.8 Å². The molecule has 6 heteroatoms. The number of likely N-dealkylation sites (tertiary alicyclic amines) is 1. The summed E-state index contributed by atoms with van der Waals surface area (Å²) in [7, 11) is 1.65. The van der Waals surface area contributed by atoms with Gasteiger partial charge in [0.25, 0.3) is 0 Å². The highest BCUT2D eigenvalue weighted by molar-refractivity contribution is 5.79. The first kappa shape index (κ1) is 18.3. The topological polar surface area (TPSA) is 63.7 Å². The molecule has 2 fully saturated rings. The van der Waals surface area contributed by atoms with Crippen molar-refractivity contribution in [1.82, 2.24) is 15.2 Å². The lowest BCUT2D eigenvalue weighted by molar-refractivity contribution is -0.142. The van der Waals surface area contributed by atoms with Gasteiger partial charge in [0.05, 0.1) is 18.4 Å². The second-order valence-corrected chi connectivity index (χ2v) is 7.05. The van der Waals surface area contributed by atoms with Gasteiger partial charge < -0.3 is 14.8 Å². The number of amides is 1. The fourth-order valence-corrected chi connectivity index (χ4v) is 3.98. The average Bonchev–Trinajstić information content (AvgIpc) is 2.61.